The van der Waals surface area contributed by atoms with Crippen LogP contribution in [-0.4, -0.2) is 42.8 Å². The molecular formula is C49H87O8P. The molecule has 0 aliphatic rings. The van der Waals surface area contributed by atoms with Crippen LogP contribution in [0.15, 0.2) is 60.8 Å². The van der Waals surface area contributed by atoms with Crippen LogP contribution in [0.4, 0.5) is 0 Å². The Morgan fingerprint density at radius 3 is 1.33 bits per heavy atom. The lowest BCUT2D eigenvalue weighted by Crippen LogP contribution is -2.29. The highest BCUT2D eigenvalue weighted by Crippen LogP contribution is 2.43. The Labute approximate surface area is 356 Å². The third-order valence-electron chi connectivity index (χ3n) is 9.81. The molecule has 0 saturated heterocycles. The van der Waals surface area contributed by atoms with Gasteiger partial charge in [-0.2, -0.15) is 0 Å². The van der Waals surface area contributed by atoms with Crippen molar-refractivity contribution >= 4 is 19.8 Å². The molecule has 0 aliphatic carbocycles. The van der Waals surface area contributed by atoms with Crippen LogP contribution in [0.3, 0.4) is 0 Å². The summed E-state index contributed by atoms with van der Waals surface area (Å²) in [6.07, 6.45) is 54.2. The number of hydrogen-bond donors (Lipinski definition) is 1. The SMILES string of the molecule is CC/C=C\C/C=C\C/C=C\CCCCCCCC(=O)OC(COC(=O)CCCCCCCCCCCCC/C=C\C/C=C\CCCCCCC)COP(=O)(O)OCC. The van der Waals surface area contributed by atoms with Gasteiger partial charge in [0.15, 0.2) is 6.10 Å². The zero-order valence-corrected chi connectivity index (χ0v) is 38.3. The topological polar surface area (TPSA) is 108 Å². The summed E-state index contributed by atoms with van der Waals surface area (Å²) >= 11 is 0. The van der Waals surface area contributed by atoms with Crippen LogP contribution >= 0.6 is 7.82 Å². The zero-order valence-electron chi connectivity index (χ0n) is 37.4. The number of esters is 2. The maximum Gasteiger partial charge on any atom is 0.472 e. The summed E-state index contributed by atoms with van der Waals surface area (Å²) in [6, 6.07) is 0. The molecular weight excluding hydrogens is 748 g/mol. The Morgan fingerprint density at radius 2 is 0.879 bits per heavy atom. The van der Waals surface area contributed by atoms with Crippen LogP contribution in [0.2, 0.25) is 0 Å². The van der Waals surface area contributed by atoms with Crippen molar-refractivity contribution in [3.05, 3.63) is 60.8 Å². The third-order valence-corrected chi connectivity index (χ3v) is 10.9. The zero-order chi connectivity index (χ0) is 42.5. The van der Waals surface area contributed by atoms with Gasteiger partial charge in [-0.05, 0) is 84.0 Å². The lowest BCUT2D eigenvalue weighted by Gasteiger charge is -2.19. The lowest BCUT2D eigenvalue weighted by molar-refractivity contribution is -0.161. The van der Waals surface area contributed by atoms with Crippen molar-refractivity contribution in [2.45, 2.75) is 219 Å². The van der Waals surface area contributed by atoms with Crippen molar-refractivity contribution in [1.29, 1.82) is 0 Å². The molecule has 0 aromatic rings. The van der Waals surface area contributed by atoms with Crippen LogP contribution < -0.4 is 0 Å². The maximum atomic E-state index is 12.6. The van der Waals surface area contributed by atoms with Crippen LogP contribution in [0.5, 0.6) is 0 Å². The second kappa shape index (κ2) is 44.3. The number of ether oxygens (including phenoxy) is 2. The first-order chi connectivity index (χ1) is 28.3. The molecule has 0 saturated carbocycles. The van der Waals surface area contributed by atoms with Crippen LogP contribution in [-0.2, 0) is 32.7 Å². The van der Waals surface area contributed by atoms with Gasteiger partial charge in [0, 0.05) is 12.8 Å². The Bertz CT molecular complexity index is 1130. The molecule has 0 fully saturated rings. The van der Waals surface area contributed by atoms with Gasteiger partial charge in [0.05, 0.1) is 13.2 Å². The molecule has 0 aliphatic heterocycles. The monoisotopic (exact) mass is 835 g/mol. The fourth-order valence-electron chi connectivity index (χ4n) is 6.38. The van der Waals surface area contributed by atoms with Crippen molar-refractivity contribution in [3.63, 3.8) is 0 Å². The maximum absolute atomic E-state index is 12.6. The molecule has 58 heavy (non-hydrogen) atoms. The van der Waals surface area contributed by atoms with Gasteiger partial charge in [-0.3, -0.25) is 18.6 Å². The summed E-state index contributed by atoms with van der Waals surface area (Å²) in [7, 11) is -4.29. The van der Waals surface area contributed by atoms with E-state index in [1.54, 1.807) is 6.92 Å². The highest BCUT2D eigenvalue weighted by Gasteiger charge is 2.25. The van der Waals surface area contributed by atoms with Crippen LogP contribution in [0, 0.1) is 0 Å². The first-order valence-electron chi connectivity index (χ1n) is 23.6. The van der Waals surface area contributed by atoms with E-state index < -0.39 is 26.5 Å². The Hall–Kier alpha value is -2.25. The van der Waals surface area contributed by atoms with Gasteiger partial charge in [-0.15, -0.1) is 0 Å². The number of hydrogen-bond acceptors (Lipinski definition) is 7. The molecule has 1 N–H and O–H groups in total. The number of phosphoric ester groups is 1. The molecule has 9 heteroatoms. The molecule has 0 radical (unpaired) electrons. The number of rotatable bonds is 43. The van der Waals surface area contributed by atoms with E-state index >= 15 is 0 Å². The van der Waals surface area contributed by atoms with E-state index in [1.807, 2.05) is 0 Å². The summed E-state index contributed by atoms with van der Waals surface area (Å²) in [5.74, 6) is -0.819. The molecule has 0 rings (SSSR count). The highest BCUT2D eigenvalue weighted by molar-refractivity contribution is 7.47. The number of carbonyl (C=O) groups is 2. The largest absolute Gasteiger partial charge is 0.472 e. The number of unbranched alkanes of at least 4 members (excludes halogenated alkanes) is 21. The van der Waals surface area contributed by atoms with Gasteiger partial charge in [0.25, 0.3) is 0 Å². The van der Waals surface area contributed by atoms with Crippen molar-refractivity contribution in [1.82, 2.24) is 0 Å². The number of phosphoric acid groups is 1. The van der Waals surface area contributed by atoms with E-state index in [0.29, 0.717) is 6.42 Å². The molecule has 0 amide bonds. The summed E-state index contributed by atoms with van der Waals surface area (Å²) in [5, 5.41) is 0. The second-order valence-corrected chi connectivity index (χ2v) is 16.8. The average molecular weight is 835 g/mol. The average Bonchev–Trinajstić information content (AvgIpc) is 3.20. The number of carbonyl (C=O) groups excluding carboxylic acids is 2. The van der Waals surface area contributed by atoms with Gasteiger partial charge in [0.2, 0.25) is 0 Å². The van der Waals surface area contributed by atoms with Crippen molar-refractivity contribution in [2.24, 2.45) is 0 Å². The molecule has 8 nitrogen and oxygen atoms in total. The van der Waals surface area contributed by atoms with E-state index in [-0.39, 0.29) is 32.0 Å². The van der Waals surface area contributed by atoms with E-state index in [2.05, 4.69) is 74.6 Å². The fourth-order valence-corrected chi connectivity index (χ4v) is 7.14. The minimum Gasteiger partial charge on any atom is -0.462 e. The molecule has 2 unspecified atom stereocenters. The minimum absolute atomic E-state index is 0.00561. The van der Waals surface area contributed by atoms with Crippen LogP contribution in [0.1, 0.15) is 213 Å². The molecule has 0 heterocycles. The third kappa shape index (κ3) is 43.3. The molecule has 336 valence electrons. The highest BCUT2D eigenvalue weighted by atomic mass is 31.2. The Kier molecular flexibility index (Phi) is 42.6. The Morgan fingerprint density at radius 1 is 0.483 bits per heavy atom. The lowest BCUT2D eigenvalue weighted by atomic mass is 10.0. The molecule has 0 spiro atoms. The first-order valence-corrected chi connectivity index (χ1v) is 25.1. The van der Waals surface area contributed by atoms with Crippen LogP contribution in [0.25, 0.3) is 0 Å². The van der Waals surface area contributed by atoms with E-state index in [9.17, 15) is 19.0 Å². The van der Waals surface area contributed by atoms with Gasteiger partial charge >= 0.3 is 19.8 Å². The van der Waals surface area contributed by atoms with E-state index in [0.717, 1.165) is 77.0 Å². The summed E-state index contributed by atoms with van der Waals surface area (Å²) < 4.78 is 32.7. The predicted molar refractivity (Wildman–Crippen MR) is 244 cm³/mol. The predicted octanol–water partition coefficient (Wildman–Crippen LogP) is 15.1. The van der Waals surface area contributed by atoms with Gasteiger partial charge in [0.1, 0.15) is 6.61 Å². The molecule has 0 aromatic heterocycles. The quantitative estimate of drug-likeness (QED) is 0.0280. The van der Waals surface area contributed by atoms with Gasteiger partial charge in [-0.1, -0.05) is 177 Å². The first kappa shape index (κ1) is 55.8. The Balaban J connectivity index is 4.01. The molecule has 0 aromatic carbocycles. The van der Waals surface area contributed by atoms with Gasteiger partial charge in [-0.25, -0.2) is 4.57 Å². The molecule has 0 bridgehead atoms. The molecule has 2 atom stereocenters. The van der Waals surface area contributed by atoms with Crippen molar-refractivity contribution in [2.75, 3.05) is 19.8 Å². The summed E-state index contributed by atoms with van der Waals surface area (Å²) in [5.41, 5.74) is 0. The summed E-state index contributed by atoms with van der Waals surface area (Å²) in [6.45, 7) is 5.34. The van der Waals surface area contributed by atoms with E-state index in [4.69, 9.17) is 18.5 Å². The number of allylic oxidation sites excluding steroid dienone is 10. The standard InChI is InChI=1S/C49H87O8P/c1-4-7-9-11-13-15-17-19-21-22-23-24-25-26-27-28-30-31-33-35-37-39-41-43-48(50)54-45-47(46-56-58(52,53)55-6-3)57-49(51)44-42-40-38-36-34-32-29-20-18-16-14-12-10-8-5-2/h8,10,14,16-17,19-20,22-23,29,47H,4-7,9,11-13,15,18,21,24-28,30-46H2,1-3H3,(H,52,53)/b10-8-,16-14-,19-17-,23-22-,29-20-. The smallest absolute Gasteiger partial charge is 0.462 e. The van der Waals surface area contributed by atoms with Crippen molar-refractivity contribution < 1.29 is 37.6 Å². The van der Waals surface area contributed by atoms with Crippen molar-refractivity contribution in [3.8, 4) is 0 Å². The fraction of sp³-hybridized carbons (Fsp3) is 0.755. The van der Waals surface area contributed by atoms with E-state index in [1.165, 1.54) is 96.3 Å². The minimum atomic E-state index is -4.29. The van der Waals surface area contributed by atoms with Gasteiger partial charge < -0.3 is 14.4 Å². The summed E-state index contributed by atoms with van der Waals surface area (Å²) in [4.78, 5) is 34.8. The normalized spacial score (nSPS) is 13.8. The second-order valence-electron chi connectivity index (χ2n) is 15.4.